The summed E-state index contributed by atoms with van der Waals surface area (Å²) in [5.41, 5.74) is 5.76. The minimum absolute atomic E-state index is 0. The van der Waals surface area contributed by atoms with Crippen LogP contribution in [0.5, 0.6) is 5.75 Å². The number of nitrogens with two attached hydrogens (primary N) is 1. The van der Waals surface area contributed by atoms with Gasteiger partial charge in [-0.05, 0) is 25.1 Å². The van der Waals surface area contributed by atoms with Crippen LogP contribution >= 0.6 is 12.4 Å². The number of hydrogen-bond acceptors (Lipinski definition) is 3. The molecule has 4 nitrogen and oxygen atoms in total. The number of halogens is 2. The third kappa shape index (κ3) is 3.58. The zero-order chi connectivity index (χ0) is 13.0. The SMILES string of the molecule is COc1ccc(C(=O)N(C)C(C)CN)cc1F.Cl. The van der Waals surface area contributed by atoms with Gasteiger partial charge in [-0.3, -0.25) is 4.79 Å². The molecular formula is C12H18ClFN2O2. The van der Waals surface area contributed by atoms with Gasteiger partial charge in [0.25, 0.3) is 5.91 Å². The van der Waals surface area contributed by atoms with Crippen LogP contribution in [0.2, 0.25) is 0 Å². The normalized spacial score (nSPS) is 11.4. The highest BCUT2D eigenvalue weighted by Gasteiger charge is 2.17. The Morgan fingerprint density at radius 1 is 1.56 bits per heavy atom. The molecule has 1 rings (SSSR count). The minimum atomic E-state index is -0.549. The predicted molar refractivity (Wildman–Crippen MR) is 70.8 cm³/mol. The van der Waals surface area contributed by atoms with E-state index in [0.717, 1.165) is 0 Å². The van der Waals surface area contributed by atoms with Gasteiger partial charge in [0.15, 0.2) is 11.6 Å². The molecule has 2 N–H and O–H groups in total. The van der Waals surface area contributed by atoms with Gasteiger partial charge in [0.05, 0.1) is 7.11 Å². The monoisotopic (exact) mass is 276 g/mol. The number of likely N-dealkylation sites (N-methyl/N-ethyl adjacent to an activating group) is 1. The molecule has 0 aliphatic heterocycles. The molecule has 0 fully saturated rings. The largest absolute Gasteiger partial charge is 0.494 e. The Hall–Kier alpha value is -1.33. The molecule has 1 aromatic carbocycles. The first-order valence-corrected chi connectivity index (χ1v) is 5.32. The molecule has 1 aromatic rings. The molecule has 0 aliphatic carbocycles. The summed E-state index contributed by atoms with van der Waals surface area (Å²) >= 11 is 0. The molecule has 0 radical (unpaired) electrons. The van der Waals surface area contributed by atoms with Gasteiger partial charge < -0.3 is 15.4 Å². The Bertz CT molecular complexity index is 415. The number of carbonyl (C=O) groups is 1. The minimum Gasteiger partial charge on any atom is -0.494 e. The Labute approximate surface area is 112 Å². The second-order valence-electron chi connectivity index (χ2n) is 3.85. The van der Waals surface area contributed by atoms with Crippen molar-refractivity contribution < 1.29 is 13.9 Å². The third-order valence-electron chi connectivity index (χ3n) is 2.72. The molecule has 0 spiro atoms. The summed E-state index contributed by atoms with van der Waals surface area (Å²) in [6.45, 7) is 2.19. The summed E-state index contributed by atoms with van der Waals surface area (Å²) in [5, 5.41) is 0. The molecule has 0 aliphatic rings. The van der Waals surface area contributed by atoms with E-state index in [-0.39, 0.29) is 35.7 Å². The summed E-state index contributed by atoms with van der Waals surface area (Å²) in [4.78, 5) is 13.4. The first kappa shape index (κ1) is 16.7. The standard InChI is InChI=1S/C12H17FN2O2.ClH/c1-8(7-14)15(2)12(16)9-4-5-11(17-3)10(13)6-9;/h4-6,8H,7,14H2,1-3H3;1H. The zero-order valence-corrected chi connectivity index (χ0v) is 11.5. The second-order valence-corrected chi connectivity index (χ2v) is 3.85. The highest BCUT2D eigenvalue weighted by Crippen LogP contribution is 2.18. The molecule has 0 saturated heterocycles. The van der Waals surface area contributed by atoms with Crippen LogP contribution in [0.3, 0.4) is 0 Å². The summed E-state index contributed by atoms with van der Waals surface area (Å²) in [7, 11) is 3.02. The van der Waals surface area contributed by atoms with E-state index in [1.54, 1.807) is 7.05 Å². The average molecular weight is 277 g/mol. The zero-order valence-electron chi connectivity index (χ0n) is 10.6. The first-order chi connectivity index (χ1) is 8.01. The van der Waals surface area contributed by atoms with E-state index in [1.807, 2.05) is 6.92 Å². The Kier molecular flexibility index (Phi) is 6.65. The van der Waals surface area contributed by atoms with Crippen molar-refractivity contribution in [2.24, 2.45) is 5.73 Å². The van der Waals surface area contributed by atoms with Crippen molar-refractivity contribution in [2.45, 2.75) is 13.0 Å². The highest BCUT2D eigenvalue weighted by molar-refractivity contribution is 5.94. The van der Waals surface area contributed by atoms with Crippen molar-refractivity contribution in [3.8, 4) is 5.75 Å². The van der Waals surface area contributed by atoms with Crippen LogP contribution in [0.4, 0.5) is 4.39 Å². The quantitative estimate of drug-likeness (QED) is 0.910. The van der Waals surface area contributed by atoms with Gasteiger partial charge in [-0.2, -0.15) is 0 Å². The Morgan fingerprint density at radius 2 is 2.17 bits per heavy atom. The lowest BCUT2D eigenvalue weighted by Crippen LogP contribution is -2.39. The summed E-state index contributed by atoms with van der Waals surface area (Å²) < 4.78 is 18.2. The van der Waals surface area contributed by atoms with Gasteiger partial charge in [0, 0.05) is 25.2 Å². The van der Waals surface area contributed by atoms with Crippen LogP contribution in [0.15, 0.2) is 18.2 Å². The lowest BCUT2D eigenvalue weighted by Gasteiger charge is -2.23. The maximum Gasteiger partial charge on any atom is 0.253 e. The maximum absolute atomic E-state index is 13.4. The second kappa shape index (κ2) is 7.18. The Balaban J connectivity index is 0.00000289. The van der Waals surface area contributed by atoms with Crippen LogP contribution < -0.4 is 10.5 Å². The van der Waals surface area contributed by atoms with Crippen LogP contribution in [-0.4, -0.2) is 37.6 Å². The van der Waals surface area contributed by atoms with Crippen LogP contribution in [0, 0.1) is 5.82 Å². The van der Waals surface area contributed by atoms with Crippen molar-refractivity contribution in [3.05, 3.63) is 29.6 Å². The van der Waals surface area contributed by atoms with Crippen molar-refractivity contribution in [3.63, 3.8) is 0 Å². The van der Waals surface area contributed by atoms with Gasteiger partial charge in [0.2, 0.25) is 0 Å². The topological polar surface area (TPSA) is 55.6 Å². The molecule has 0 heterocycles. The van der Waals surface area contributed by atoms with E-state index in [0.29, 0.717) is 6.54 Å². The smallest absolute Gasteiger partial charge is 0.253 e. The molecule has 1 unspecified atom stereocenters. The van der Waals surface area contributed by atoms with Crippen molar-refractivity contribution >= 4 is 18.3 Å². The van der Waals surface area contributed by atoms with E-state index in [2.05, 4.69) is 0 Å². The molecule has 1 amide bonds. The fraction of sp³-hybridized carbons (Fsp3) is 0.417. The van der Waals surface area contributed by atoms with Crippen molar-refractivity contribution in [2.75, 3.05) is 20.7 Å². The first-order valence-electron chi connectivity index (χ1n) is 5.32. The number of benzene rings is 1. The summed E-state index contributed by atoms with van der Waals surface area (Å²) in [5.74, 6) is -0.687. The van der Waals surface area contributed by atoms with Gasteiger partial charge in [-0.25, -0.2) is 4.39 Å². The molecule has 18 heavy (non-hydrogen) atoms. The van der Waals surface area contributed by atoms with E-state index < -0.39 is 5.82 Å². The maximum atomic E-state index is 13.4. The Morgan fingerprint density at radius 3 is 2.61 bits per heavy atom. The van der Waals surface area contributed by atoms with Crippen molar-refractivity contribution in [1.29, 1.82) is 0 Å². The van der Waals surface area contributed by atoms with Crippen LogP contribution in [0.1, 0.15) is 17.3 Å². The summed E-state index contributed by atoms with van der Waals surface area (Å²) in [6.07, 6.45) is 0. The lowest BCUT2D eigenvalue weighted by atomic mass is 10.1. The number of ether oxygens (including phenoxy) is 1. The molecule has 0 aromatic heterocycles. The van der Waals surface area contributed by atoms with Crippen LogP contribution in [-0.2, 0) is 0 Å². The van der Waals surface area contributed by atoms with E-state index >= 15 is 0 Å². The molecule has 6 heteroatoms. The van der Waals surface area contributed by atoms with Gasteiger partial charge in [-0.15, -0.1) is 12.4 Å². The molecule has 0 saturated carbocycles. The number of rotatable bonds is 4. The third-order valence-corrected chi connectivity index (χ3v) is 2.72. The molecular weight excluding hydrogens is 259 g/mol. The molecule has 102 valence electrons. The van der Waals surface area contributed by atoms with Crippen LogP contribution in [0.25, 0.3) is 0 Å². The predicted octanol–water partition coefficient (Wildman–Crippen LogP) is 1.68. The van der Waals surface area contributed by atoms with Gasteiger partial charge in [-0.1, -0.05) is 0 Å². The number of amides is 1. The number of carbonyl (C=O) groups excluding carboxylic acids is 1. The van der Waals surface area contributed by atoms with Crippen molar-refractivity contribution in [1.82, 2.24) is 4.90 Å². The number of nitrogens with zero attached hydrogens (tertiary/aromatic N) is 1. The highest BCUT2D eigenvalue weighted by atomic mass is 35.5. The van der Waals surface area contributed by atoms with E-state index in [1.165, 1.54) is 30.2 Å². The number of hydrogen-bond donors (Lipinski definition) is 1. The van der Waals surface area contributed by atoms with E-state index in [9.17, 15) is 9.18 Å². The molecule has 1 atom stereocenters. The van der Waals surface area contributed by atoms with E-state index in [4.69, 9.17) is 10.5 Å². The molecule has 0 bridgehead atoms. The lowest BCUT2D eigenvalue weighted by molar-refractivity contribution is 0.0748. The fourth-order valence-corrected chi connectivity index (χ4v) is 1.36. The van der Waals surface area contributed by atoms with Gasteiger partial charge >= 0.3 is 0 Å². The average Bonchev–Trinajstić information content (AvgIpc) is 2.35. The summed E-state index contributed by atoms with van der Waals surface area (Å²) in [6, 6.07) is 4.04. The number of methoxy groups -OCH3 is 1. The van der Waals surface area contributed by atoms with Gasteiger partial charge in [0.1, 0.15) is 0 Å². The fourth-order valence-electron chi connectivity index (χ4n) is 1.36.